The van der Waals surface area contributed by atoms with Crippen molar-refractivity contribution >= 4 is 0 Å². The number of methoxy groups -OCH3 is 2. The molecule has 3 aromatic carbocycles. The fourth-order valence-corrected chi connectivity index (χ4v) is 4.07. The van der Waals surface area contributed by atoms with Crippen LogP contribution in [0.4, 0.5) is 0 Å². The van der Waals surface area contributed by atoms with E-state index in [1.165, 1.54) is 38.9 Å². The molecule has 0 radical (unpaired) electrons. The molecule has 0 aliphatic carbocycles. The highest BCUT2D eigenvalue weighted by molar-refractivity contribution is 5.83. The molecular weight excluding hydrogens is 360 g/mol. The Morgan fingerprint density at radius 2 is 1.24 bits per heavy atom. The number of benzene rings is 3. The third-order valence-corrected chi connectivity index (χ3v) is 5.50. The van der Waals surface area contributed by atoms with Crippen LogP contribution in [0.1, 0.15) is 30.5 Å². The molecule has 0 fully saturated rings. The molecule has 0 amide bonds. The third-order valence-electron chi connectivity index (χ3n) is 5.50. The van der Waals surface area contributed by atoms with Gasteiger partial charge in [0.25, 0.3) is 0 Å². The summed E-state index contributed by atoms with van der Waals surface area (Å²) in [6.07, 6.45) is 2.50. The van der Waals surface area contributed by atoms with Gasteiger partial charge in [0.15, 0.2) is 0 Å². The standard InChI is InChI=1S/C26H30O3/c1-5-23-20(15-16-27)17-25(18-7-11-21(28-3)12-8-18)24(6-2)26(23)19-9-13-22(29-4)14-10-19/h7-14,17,27H,5-6,15-16H2,1-4H3. The summed E-state index contributed by atoms with van der Waals surface area (Å²) in [6.45, 7) is 4.54. The summed E-state index contributed by atoms with van der Waals surface area (Å²) in [4.78, 5) is 0. The van der Waals surface area contributed by atoms with Crippen molar-refractivity contribution in [2.24, 2.45) is 0 Å². The van der Waals surface area contributed by atoms with Crippen molar-refractivity contribution in [1.82, 2.24) is 0 Å². The molecule has 152 valence electrons. The molecule has 0 aromatic heterocycles. The smallest absolute Gasteiger partial charge is 0.118 e. The van der Waals surface area contributed by atoms with Gasteiger partial charge in [-0.2, -0.15) is 0 Å². The van der Waals surface area contributed by atoms with E-state index in [4.69, 9.17) is 9.47 Å². The fraction of sp³-hybridized carbons (Fsp3) is 0.308. The van der Waals surface area contributed by atoms with Gasteiger partial charge in [-0.3, -0.25) is 0 Å². The molecule has 0 heterocycles. The van der Waals surface area contributed by atoms with Crippen molar-refractivity contribution in [3.05, 3.63) is 71.3 Å². The van der Waals surface area contributed by atoms with E-state index in [2.05, 4.69) is 44.2 Å². The van der Waals surface area contributed by atoms with E-state index in [1.807, 2.05) is 24.3 Å². The molecule has 3 nitrogen and oxygen atoms in total. The van der Waals surface area contributed by atoms with Crippen LogP contribution in [0.2, 0.25) is 0 Å². The van der Waals surface area contributed by atoms with Crippen molar-refractivity contribution in [3.8, 4) is 33.8 Å². The van der Waals surface area contributed by atoms with E-state index in [0.29, 0.717) is 6.42 Å². The summed E-state index contributed by atoms with van der Waals surface area (Å²) < 4.78 is 10.7. The van der Waals surface area contributed by atoms with Crippen LogP contribution in [0.3, 0.4) is 0 Å². The molecule has 0 bridgehead atoms. The highest BCUT2D eigenvalue weighted by atomic mass is 16.5. The van der Waals surface area contributed by atoms with Crippen LogP contribution < -0.4 is 9.47 Å². The Balaban J connectivity index is 2.28. The van der Waals surface area contributed by atoms with E-state index in [1.54, 1.807) is 14.2 Å². The number of rotatable bonds is 8. The van der Waals surface area contributed by atoms with Gasteiger partial charge in [0.1, 0.15) is 11.5 Å². The normalized spacial score (nSPS) is 10.8. The minimum Gasteiger partial charge on any atom is -0.497 e. The van der Waals surface area contributed by atoms with E-state index in [0.717, 1.165) is 24.3 Å². The van der Waals surface area contributed by atoms with E-state index in [-0.39, 0.29) is 6.61 Å². The zero-order valence-electron chi connectivity index (χ0n) is 17.8. The van der Waals surface area contributed by atoms with E-state index >= 15 is 0 Å². The summed E-state index contributed by atoms with van der Waals surface area (Å²) >= 11 is 0. The topological polar surface area (TPSA) is 38.7 Å². The van der Waals surface area contributed by atoms with Gasteiger partial charge < -0.3 is 14.6 Å². The molecular formula is C26H30O3. The van der Waals surface area contributed by atoms with Crippen LogP contribution in [0.25, 0.3) is 22.3 Å². The Bertz CT molecular complexity index is 941. The zero-order valence-corrected chi connectivity index (χ0v) is 17.8. The monoisotopic (exact) mass is 390 g/mol. The van der Waals surface area contributed by atoms with Gasteiger partial charge in [0.05, 0.1) is 14.2 Å². The van der Waals surface area contributed by atoms with Gasteiger partial charge in [-0.25, -0.2) is 0 Å². The molecule has 0 atom stereocenters. The van der Waals surface area contributed by atoms with Crippen LogP contribution in [0.15, 0.2) is 54.6 Å². The lowest BCUT2D eigenvalue weighted by molar-refractivity contribution is 0.299. The third kappa shape index (κ3) is 4.30. The second-order valence-electron chi connectivity index (χ2n) is 7.05. The molecule has 0 aliphatic heterocycles. The van der Waals surface area contributed by atoms with E-state index < -0.39 is 0 Å². The van der Waals surface area contributed by atoms with Crippen molar-refractivity contribution < 1.29 is 14.6 Å². The first-order valence-electron chi connectivity index (χ1n) is 10.2. The Hall–Kier alpha value is -2.78. The van der Waals surface area contributed by atoms with Crippen LogP contribution in [-0.4, -0.2) is 25.9 Å². The molecule has 1 N–H and O–H groups in total. The summed E-state index contributed by atoms with van der Waals surface area (Å²) in [5.41, 5.74) is 8.73. The SMILES string of the molecule is CCc1c(CCO)cc(-c2ccc(OC)cc2)c(CC)c1-c1ccc(OC)cc1. The molecule has 0 unspecified atom stereocenters. The Labute approximate surface area is 173 Å². The molecule has 3 rings (SSSR count). The van der Waals surface area contributed by atoms with Gasteiger partial charge in [0.2, 0.25) is 0 Å². The lowest BCUT2D eigenvalue weighted by Gasteiger charge is -2.22. The predicted molar refractivity (Wildman–Crippen MR) is 120 cm³/mol. The van der Waals surface area contributed by atoms with Gasteiger partial charge >= 0.3 is 0 Å². The van der Waals surface area contributed by atoms with Crippen LogP contribution in [0.5, 0.6) is 11.5 Å². The number of hydrogen-bond acceptors (Lipinski definition) is 3. The maximum absolute atomic E-state index is 9.69. The number of ether oxygens (including phenoxy) is 2. The first-order valence-corrected chi connectivity index (χ1v) is 10.2. The first-order chi connectivity index (χ1) is 14.2. The minimum absolute atomic E-state index is 0.141. The lowest BCUT2D eigenvalue weighted by Crippen LogP contribution is -2.05. The molecule has 3 aromatic rings. The number of aliphatic hydroxyl groups excluding tert-OH is 1. The Kier molecular flexibility index (Phi) is 6.95. The molecule has 0 saturated heterocycles. The molecule has 0 aliphatic rings. The summed E-state index contributed by atoms with van der Waals surface area (Å²) in [6, 6.07) is 18.8. The lowest BCUT2D eigenvalue weighted by atomic mass is 9.82. The van der Waals surface area contributed by atoms with Gasteiger partial charge in [-0.1, -0.05) is 44.2 Å². The second-order valence-corrected chi connectivity index (χ2v) is 7.05. The quantitative estimate of drug-likeness (QED) is 0.536. The van der Waals surface area contributed by atoms with Gasteiger partial charge in [0, 0.05) is 6.61 Å². The second kappa shape index (κ2) is 9.62. The molecule has 3 heteroatoms. The zero-order chi connectivity index (χ0) is 20.8. The fourth-order valence-electron chi connectivity index (χ4n) is 4.07. The maximum Gasteiger partial charge on any atom is 0.118 e. The number of aliphatic hydroxyl groups is 1. The highest BCUT2D eigenvalue weighted by Gasteiger charge is 2.18. The average Bonchev–Trinajstić information content (AvgIpc) is 2.78. The van der Waals surface area contributed by atoms with Crippen molar-refractivity contribution in [2.45, 2.75) is 33.1 Å². The minimum atomic E-state index is 0.141. The van der Waals surface area contributed by atoms with Crippen LogP contribution in [0, 0.1) is 0 Å². The van der Waals surface area contributed by atoms with Crippen LogP contribution in [-0.2, 0) is 19.3 Å². The summed E-state index contributed by atoms with van der Waals surface area (Å²) in [7, 11) is 3.37. The van der Waals surface area contributed by atoms with Crippen molar-refractivity contribution in [2.75, 3.05) is 20.8 Å². The van der Waals surface area contributed by atoms with Crippen molar-refractivity contribution in [1.29, 1.82) is 0 Å². The Morgan fingerprint density at radius 1 is 0.724 bits per heavy atom. The Morgan fingerprint density at radius 3 is 1.69 bits per heavy atom. The highest BCUT2D eigenvalue weighted by Crippen LogP contribution is 2.39. The largest absolute Gasteiger partial charge is 0.497 e. The average molecular weight is 391 g/mol. The molecule has 0 saturated carbocycles. The maximum atomic E-state index is 9.69. The van der Waals surface area contributed by atoms with Crippen molar-refractivity contribution in [3.63, 3.8) is 0 Å². The van der Waals surface area contributed by atoms with Crippen LogP contribution >= 0.6 is 0 Å². The summed E-state index contributed by atoms with van der Waals surface area (Å²) in [5.74, 6) is 1.70. The molecule has 0 spiro atoms. The van der Waals surface area contributed by atoms with E-state index in [9.17, 15) is 5.11 Å². The summed E-state index contributed by atoms with van der Waals surface area (Å²) in [5, 5.41) is 9.69. The molecule has 29 heavy (non-hydrogen) atoms. The van der Waals surface area contributed by atoms with Gasteiger partial charge in [-0.05, 0) is 82.5 Å². The first kappa shape index (κ1) is 20.9. The van der Waals surface area contributed by atoms with Gasteiger partial charge in [-0.15, -0.1) is 0 Å². The number of hydrogen-bond donors (Lipinski definition) is 1. The predicted octanol–water partition coefficient (Wildman–Crippen LogP) is 5.70.